The molecular weight excluding hydrogens is 114 g/mol. The van der Waals surface area contributed by atoms with E-state index in [4.69, 9.17) is 0 Å². The number of nitrogens with zero attached hydrogens (tertiary/aromatic N) is 3. The van der Waals surface area contributed by atoms with Crippen LogP contribution in [0.15, 0.2) is 27.5 Å². The summed E-state index contributed by atoms with van der Waals surface area (Å²) in [5, 5.41) is 7.61. The van der Waals surface area contributed by atoms with Crippen LogP contribution in [0.4, 0.5) is 0 Å². The van der Waals surface area contributed by atoms with E-state index in [-0.39, 0.29) is 5.92 Å². The van der Waals surface area contributed by atoms with Crippen LogP contribution in [-0.4, -0.2) is 18.1 Å². The molecule has 3 nitrogen and oxygen atoms in total. The van der Waals surface area contributed by atoms with E-state index < -0.39 is 0 Å². The quantitative estimate of drug-likeness (QED) is 0.448. The number of allylic oxidation sites excluding steroid dienone is 1. The summed E-state index contributed by atoms with van der Waals surface area (Å²) in [5.41, 5.74) is 0.991. The Balaban J connectivity index is 2.40. The highest BCUT2D eigenvalue weighted by atomic mass is 15.2. The lowest BCUT2D eigenvalue weighted by molar-refractivity contribution is 1.28. The second-order valence-electron chi connectivity index (χ2n) is 1.93. The molecule has 0 N–H and O–H groups in total. The number of fused-ring (bicyclic) bond motifs is 1. The van der Waals surface area contributed by atoms with Crippen molar-refractivity contribution in [3.8, 4) is 0 Å². The maximum atomic E-state index is 3.94. The molecule has 2 rings (SSSR count). The predicted octanol–water partition coefficient (Wildman–Crippen LogP) is 0.641. The molecule has 2 aliphatic rings. The Bertz CT molecular complexity index is 235. The molecule has 0 saturated heterocycles. The van der Waals surface area contributed by atoms with Crippen LogP contribution in [0.25, 0.3) is 0 Å². The van der Waals surface area contributed by atoms with Gasteiger partial charge in [-0.05, 0) is 6.08 Å². The van der Waals surface area contributed by atoms with E-state index in [1.54, 1.807) is 12.4 Å². The maximum absolute atomic E-state index is 3.94. The first-order valence-corrected chi connectivity index (χ1v) is 2.78. The lowest BCUT2D eigenvalue weighted by Crippen LogP contribution is -2.13. The molecule has 0 aromatic carbocycles. The Morgan fingerprint density at radius 1 is 1.33 bits per heavy atom. The Kier molecular flexibility index (Phi) is 0.828. The lowest BCUT2D eigenvalue weighted by Gasteiger charge is -2.00. The molecule has 0 radical (unpaired) electrons. The Morgan fingerprint density at radius 3 is 3.22 bits per heavy atom. The van der Waals surface area contributed by atoms with Gasteiger partial charge in [-0.15, -0.1) is 0 Å². The SMILES string of the molecule is C1=CC2=NN=CC2C=N1. The third kappa shape index (κ3) is 0.614. The third-order valence-corrected chi connectivity index (χ3v) is 1.32. The molecule has 0 aromatic rings. The van der Waals surface area contributed by atoms with Crippen LogP contribution in [0.3, 0.4) is 0 Å². The maximum Gasteiger partial charge on any atom is 0.0784 e. The van der Waals surface area contributed by atoms with Gasteiger partial charge in [0, 0.05) is 18.6 Å². The van der Waals surface area contributed by atoms with Crippen molar-refractivity contribution in [1.29, 1.82) is 0 Å². The highest BCUT2D eigenvalue weighted by Crippen LogP contribution is 2.07. The van der Waals surface area contributed by atoms with Crippen molar-refractivity contribution in [3.63, 3.8) is 0 Å². The highest BCUT2D eigenvalue weighted by molar-refractivity contribution is 6.18. The van der Waals surface area contributed by atoms with Gasteiger partial charge in [-0.3, -0.25) is 4.99 Å². The van der Waals surface area contributed by atoms with Crippen molar-refractivity contribution in [2.24, 2.45) is 21.1 Å². The lowest BCUT2D eigenvalue weighted by atomic mass is 10.1. The monoisotopic (exact) mass is 119 g/mol. The highest BCUT2D eigenvalue weighted by Gasteiger charge is 2.14. The van der Waals surface area contributed by atoms with Crippen LogP contribution < -0.4 is 0 Å². The molecule has 1 atom stereocenters. The average molecular weight is 119 g/mol. The molecule has 9 heavy (non-hydrogen) atoms. The molecule has 0 amide bonds. The molecule has 0 spiro atoms. The summed E-state index contributed by atoms with van der Waals surface area (Å²) in [6.45, 7) is 0. The molecule has 0 bridgehead atoms. The van der Waals surface area contributed by atoms with Gasteiger partial charge in [0.15, 0.2) is 0 Å². The van der Waals surface area contributed by atoms with E-state index in [2.05, 4.69) is 15.2 Å². The van der Waals surface area contributed by atoms with Gasteiger partial charge < -0.3 is 0 Å². The summed E-state index contributed by atoms with van der Waals surface area (Å²) in [6.07, 6.45) is 7.21. The van der Waals surface area contributed by atoms with E-state index in [9.17, 15) is 0 Å². The summed E-state index contributed by atoms with van der Waals surface area (Å²) < 4.78 is 0. The van der Waals surface area contributed by atoms with Crippen molar-refractivity contribution in [2.75, 3.05) is 0 Å². The molecule has 1 unspecified atom stereocenters. The molecule has 2 aliphatic heterocycles. The summed E-state index contributed by atoms with van der Waals surface area (Å²) in [5.74, 6) is 0.245. The molecule has 0 saturated carbocycles. The fourth-order valence-corrected chi connectivity index (χ4v) is 0.836. The zero-order valence-electron chi connectivity index (χ0n) is 4.73. The molecule has 0 fully saturated rings. The number of rotatable bonds is 0. The van der Waals surface area contributed by atoms with Gasteiger partial charge in [0.1, 0.15) is 0 Å². The fourth-order valence-electron chi connectivity index (χ4n) is 0.836. The largest absolute Gasteiger partial charge is 0.268 e. The summed E-state index contributed by atoms with van der Waals surface area (Å²) in [6, 6.07) is 0. The zero-order valence-corrected chi connectivity index (χ0v) is 4.73. The van der Waals surface area contributed by atoms with Gasteiger partial charge in [0.05, 0.1) is 11.6 Å². The average Bonchev–Trinajstić information content (AvgIpc) is 2.33. The molecular formula is C6H5N3. The van der Waals surface area contributed by atoms with E-state index in [1.807, 2.05) is 12.3 Å². The Labute approximate surface area is 52.5 Å². The van der Waals surface area contributed by atoms with Gasteiger partial charge >= 0.3 is 0 Å². The van der Waals surface area contributed by atoms with Crippen LogP contribution in [0.1, 0.15) is 0 Å². The van der Waals surface area contributed by atoms with Gasteiger partial charge in [0.25, 0.3) is 0 Å². The van der Waals surface area contributed by atoms with Crippen molar-refractivity contribution < 1.29 is 0 Å². The second-order valence-corrected chi connectivity index (χ2v) is 1.93. The van der Waals surface area contributed by atoms with Crippen LogP contribution >= 0.6 is 0 Å². The predicted molar refractivity (Wildman–Crippen MR) is 37.0 cm³/mol. The summed E-state index contributed by atoms with van der Waals surface area (Å²) in [4.78, 5) is 3.94. The van der Waals surface area contributed by atoms with Crippen LogP contribution in [0, 0.1) is 5.92 Å². The normalized spacial score (nSPS) is 28.4. The first-order valence-electron chi connectivity index (χ1n) is 2.78. The van der Waals surface area contributed by atoms with E-state index in [0.717, 1.165) is 5.71 Å². The van der Waals surface area contributed by atoms with Gasteiger partial charge in [-0.25, -0.2) is 0 Å². The summed E-state index contributed by atoms with van der Waals surface area (Å²) in [7, 11) is 0. The standard InChI is InChI=1S/C6H5N3/c1-2-7-3-5-4-8-9-6(1)5/h1-5H. The summed E-state index contributed by atoms with van der Waals surface area (Å²) >= 11 is 0. The second kappa shape index (κ2) is 1.62. The number of hydrogen-bond donors (Lipinski definition) is 0. The first-order chi connectivity index (χ1) is 4.47. The zero-order chi connectivity index (χ0) is 6.10. The Morgan fingerprint density at radius 2 is 2.33 bits per heavy atom. The topological polar surface area (TPSA) is 37.1 Å². The number of hydrogen-bond acceptors (Lipinski definition) is 3. The van der Waals surface area contributed by atoms with Gasteiger partial charge in [-0.1, -0.05) is 0 Å². The van der Waals surface area contributed by atoms with Gasteiger partial charge in [0.2, 0.25) is 0 Å². The number of aliphatic imine (C=N–C) groups is 1. The smallest absolute Gasteiger partial charge is 0.0784 e. The molecule has 44 valence electrons. The van der Waals surface area contributed by atoms with Gasteiger partial charge in [-0.2, -0.15) is 10.2 Å². The van der Waals surface area contributed by atoms with Crippen molar-refractivity contribution >= 4 is 18.1 Å². The molecule has 0 aliphatic carbocycles. The third-order valence-electron chi connectivity index (χ3n) is 1.32. The Hall–Kier alpha value is -1.25. The van der Waals surface area contributed by atoms with Crippen LogP contribution in [-0.2, 0) is 0 Å². The van der Waals surface area contributed by atoms with Crippen LogP contribution in [0.2, 0.25) is 0 Å². The minimum atomic E-state index is 0.245. The molecule has 0 aromatic heterocycles. The van der Waals surface area contributed by atoms with Crippen molar-refractivity contribution in [2.45, 2.75) is 0 Å². The van der Waals surface area contributed by atoms with Crippen molar-refractivity contribution in [3.05, 3.63) is 12.3 Å². The van der Waals surface area contributed by atoms with E-state index >= 15 is 0 Å². The minimum absolute atomic E-state index is 0.245. The fraction of sp³-hybridized carbons (Fsp3) is 0.167. The molecule has 2 heterocycles. The minimum Gasteiger partial charge on any atom is -0.268 e. The molecule has 3 heteroatoms. The first kappa shape index (κ1) is 4.61. The van der Waals surface area contributed by atoms with E-state index in [0.29, 0.717) is 0 Å². The van der Waals surface area contributed by atoms with E-state index in [1.165, 1.54) is 0 Å². The van der Waals surface area contributed by atoms with Crippen molar-refractivity contribution in [1.82, 2.24) is 0 Å². The van der Waals surface area contributed by atoms with Crippen LogP contribution in [0.5, 0.6) is 0 Å².